The van der Waals surface area contributed by atoms with E-state index in [1.807, 2.05) is 17.0 Å². The number of aryl methyl sites for hydroxylation is 1. The molecule has 0 spiro atoms. The first kappa shape index (κ1) is 16.4. The average Bonchev–Trinajstić information content (AvgIpc) is 2.87. The van der Waals surface area contributed by atoms with E-state index in [2.05, 4.69) is 22.1 Å². The van der Waals surface area contributed by atoms with Crippen LogP contribution in [-0.2, 0) is 0 Å². The molecule has 5 nitrogen and oxygen atoms in total. The number of likely N-dealkylation sites (tertiary alicyclic amines) is 1. The number of hydrogen-bond donors (Lipinski definition) is 0. The van der Waals surface area contributed by atoms with Crippen molar-refractivity contribution in [1.82, 2.24) is 14.9 Å². The summed E-state index contributed by atoms with van der Waals surface area (Å²) < 4.78 is 5.24. The second-order valence-corrected chi connectivity index (χ2v) is 6.13. The van der Waals surface area contributed by atoms with Crippen LogP contribution in [0.2, 0.25) is 0 Å². The van der Waals surface area contributed by atoms with Crippen LogP contribution in [0.15, 0.2) is 36.5 Å². The summed E-state index contributed by atoms with van der Waals surface area (Å²) in [5.41, 5.74) is 1.62. The van der Waals surface area contributed by atoms with Gasteiger partial charge in [-0.15, -0.1) is 0 Å². The Morgan fingerprint density at radius 3 is 2.67 bits per heavy atom. The van der Waals surface area contributed by atoms with Crippen molar-refractivity contribution in [2.24, 2.45) is 0 Å². The van der Waals surface area contributed by atoms with Crippen molar-refractivity contribution in [3.8, 4) is 5.75 Å². The van der Waals surface area contributed by atoms with Gasteiger partial charge in [0.15, 0.2) is 0 Å². The largest absolute Gasteiger partial charge is 0.497 e. The first-order valence-electron chi connectivity index (χ1n) is 8.43. The molecule has 1 saturated heterocycles. The fourth-order valence-corrected chi connectivity index (χ4v) is 3.25. The lowest BCUT2D eigenvalue weighted by atomic mass is 10.0. The second-order valence-electron chi connectivity index (χ2n) is 6.13. The van der Waals surface area contributed by atoms with Crippen LogP contribution in [0.3, 0.4) is 0 Å². The van der Waals surface area contributed by atoms with Gasteiger partial charge in [0, 0.05) is 12.7 Å². The van der Waals surface area contributed by atoms with Gasteiger partial charge in [0.2, 0.25) is 0 Å². The Hall–Kier alpha value is -2.43. The molecule has 24 heavy (non-hydrogen) atoms. The Labute approximate surface area is 142 Å². The van der Waals surface area contributed by atoms with Crippen molar-refractivity contribution in [2.45, 2.75) is 38.6 Å². The number of carbonyl (C=O) groups excluding carboxylic acids is 1. The lowest BCUT2D eigenvalue weighted by Crippen LogP contribution is -2.35. The summed E-state index contributed by atoms with van der Waals surface area (Å²) in [6.45, 7) is 2.57. The summed E-state index contributed by atoms with van der Waals surface area (Å²) in [5, 5.41) is 0. The van der Waals surface area contributed by atoms with E-state index < -0.39 is 0 Å². The normalized spacial score (nSPS) is 18.1. The molecule has 1 aliphatic rings. The van der Waals surface area contributed by atoms with Crippen LogP contribution < -0.4 is 4.74 Å². The van der Waals surface area contributed by atoms with Crippen molar-refractivity contribution in [3.63, 3.8) is 0 Å². The SMILES string of the molecule is COc1ccc([C@H]2CCCCCN2C(=O)c2ccnc(C)n2)cc1. The number of nitrogens with zero attached hydrogens (tertiary/aromatic N) is 3. The van der Waals surface area contributed by atoms with Gasteiger partial charge in [0.25, 0.3) is 5.91 Å². The Morgan fingerprint density at radius 1 is 1.17 bits per heavy atom. The molecule has 3 rings (SSSR count). The summed E-state index contributed by atoms with van der Waals surface area (Å²) in [6.07, 6.45) is 5.93. The first-order chi connectivity index (χ1) is 11.7. The van der Waals surface area contributed by atoms with Gasteiger partial charge in [-0.1, -0.05) is 25.0 Å². The zero-order valence-electron chi connectivity index (χ0n) is 14.2. The number of benzene rings is 1. The van der Waals surface area contributed by atoms with Crippen LogP contribution in [0.25, 0.3) is 0 Å². The highest BCUT2D eigenvalue weighted by Crippen LogP contribution is 2.32. The number of ether oxygens (including phenoxy) is 1. The van der Waals surface area contributed by atoms with Gasteiger partial charge in [-0.2, -0.15) is 0 Å². The highest BCUT2D eigenvalue weighted by Gasteiger charge is 2.28. The minimum absolute atomic E-state index is 0.0109. The molecule has 0 unspecified atom stereocenters. The monoisotopic (exact) mass is 325 g/mol. The molecule has 1 aromatic heterocycles. The molecule has 2 heterocycles. The van der Waals surface area contributed by atoms with Crippen LogP contribution in [0.5, 0.6) is 5.75 Å². The summed E-state index contributed by atoms with van der Waals surface area (Å²) in [7, 11) is 1.66. The second kappa shape index (κ2) is 7.43. The molecular weight excluding hydrogens is 302 g/mol. The maximum atomic E-state index is 13.0. The Balaban J connectivity index is 1.90. The van der Waals surface area contributed by atoms with Crippen molar-refractivity contribution >= 4 is 5.91 Å². The van der Waals surface area contributed by atoms with Crippen molar-refractivity contribution in [2.75, 3.05) is 13.7 Å². The van der Waals surface area contributed by atoms with Crippen LogP contribution in [0.1, 0.15) is 53.6 Å². The minimum atomic E-state index is -0.0109. The quantitative estimate of drug-likeness (QED) is 0.866. The van der Waals surface area contributed by atoms with Gasteiger partial charge in [0.05, 0.1) is 13.2 Å². The fourth-order valence-electron chi connectivity index (χ4n) is 3.25. The van der Waals surface area contributed by atoms with Crippen molar-refractivity contribution in [3.05, 3.63) is 53.6 Å². The summed E-state index contributed by atoms with van der Waals surface area (Å²) in [5.74, 6) is 1.44. The smallest absolute Gasteiger partial charge is 0.273 e. The zero-order chi connectivity index (χ0) is 16.9. The van der Waals surface area contributed by atoms with Gasteiger partial charge in [0.1, 0.15) is 17.3 Å². The lowest BCUT2D eigenvalue weighted by molar-refractivity contribution is 0.0674. The Bertz CT molecular complexity index is 700. The average molecular weight is 325 g/mol. The van der Waals surface area contributed by atoms with Crippen molar-refractivity contribution in [1.29, 1.82) is 0 Å². The zero-order valence-corrected chi connectivity index (χ0v) is 14.2. The van der Waals surface area contributed by atoms with E-state index >= 15 is 0 Å². The van der Waals surface area contributed by atoms with Gasteiger partial charge in [-0.25, -0.2) is 9.97 Å². The topological polar surface area (TPSA) is 55.3 Å². The predicted molar refractivity (Wildman–Crippen MR) is 92.0 cm³/mol. The molecular formula is C19H23N3O2. The van der Waals surface area contributed by atoms with E-state index in [-0.39, 0.29) is 11.9 Å². The molecule has 1 atom stereocenters. The Kier molecular flexibility index (Phi) is 5.08. The molecule has 2 aromatic rings. The summed E-state index contributed by atoms with van der Waals surface area (Å²) in [4.78, 5) is 23.4. The van der Waals surface area contributed by atoms with Gasteiger partial charge >= 0.3 is 0 Å². The Morgan fingerprint density at radius 2 is 1.96 bits per heavy atom. The molecule has 0 aliphatic carbocycles. The van der Waals surface area contributed by atoms with Crippen LogP contribution in [-0.4, -0.2) is 34.4 Å². The molecule has 0 bridgehead atoms. The third-order valence-electron chi connectivity index (χ3n) is 4.51. The number of methoxy groups -OCH3 is 1. The molecule has 1 aliphatic heterocycles. The predicted octanol–water partition coefficient (Wildman–Crippen LogP) is 3.55. The summed E-state index contributed by atoms with van der Waals surface area (Å²) in [6, 6.07) is 9.81. The van der Waals surface area contributed by atoms with Gasteiger partial charge in [-0.05, 0) is 43.5 Å². The minimum Gasteiger partial charge on any atom is -0.497 e. The number of hydrogen-bond acceptors (Lipinski definition) is 4. The van der Waals surface area contributed by atoms with E-state index in [0.29, 0.717) is 11.5 Å². The van der Waals surface area contributed by atoms with E-state index in [9.17, 15) is 4.79 Å². The maximum absolute atomic E-state index is 13.0. The maximum Gasteiger partial charge on any atom is 0.273 e. The first-order valence-corrected chi connectivity index (χ1v) is 8.43. The van der Waals surface area contributed by atoms with Gasteiger partial charge < -0.3 is 9.64 Å². The molecule has 0 radical (unpaired) electrons. The molecule has 0 N–H and O–H groups in total. The van der Waals surface area contributed by atoms with E-state index in [1.165, 1.54) is 0 Å². The molecule has 1 aromatic carbocycles. The lowest BCUT2D eigenvalue weighted by Gasteiger charge is -2.30. The van der Waals surface area contributed by atoms with E-state index in [0.717, 1.165) is 43.5 Å². The van der Waals surface area contributed by atoms with E-state index in [4.69, 9.17) is 4.74 Å². The standard InChI is InChI=1S/C19H23N3O2/c1-14-20-12-11-17(21-14)19(23)22-13-5-3-4-6-18(22)15-7-9-16(24-2)10-8-15/h7-12,18H,3-6,13H2,1-2H3/t18-/m1/s1. The summed E-state index contributed by atoms with van der Waals surface area (Å²) >= 11 is 0. The van der Waals surface area contributed by atoms with Crippen LogP contribution in [0.4, 0.5) is 0 Å². The highest BCUT2D eigenvalue weighted by molar-refractivity contribution is 5.92. The fraction of sp³-hybridized carbons (Fsp3) is 0.421. The molecule has 1 fully saturated rings. The van der Waals surface area contributed by atoms with Gasteiger partial charge in [-0.3, -0.25) is 4.79 Å². The number of carbonyl (C=O) groups is 1. The molecule has 1 amide bonds. The number of aromatic nitrogens is 2. The third kappa shape index (κ3) is 3.55. The van der Waals surface area contributed by atoms with Crippen LogP contribution in [0, 0.1) is 6.92 Å². The molecule has 5 heteroatoms. The highest BCUT2D eigenvalue weighted by atomic mass is 16.5. The van der Waals surface area contributed by atoms with Crippen LogP contribution >= 0.6 is 0 Å². The molecule has 126 valence electrons. The number of rotatable bonds is 3. The van der Waals surface area contributed by atoms with Crippen molar-refractivity contribution < 1.29 is 9.53 Å². The van der Waals surface area contributed by atoms with E-state index in [1.54, 1.807) is 26.3 Å². The number of amides is 1. The third-order valence-corrected chi connectivity index (χ3v) is 4.51. The molecule has 0 saturated carbocycles.